The number of ether oxygens (including phenoxy) is 2. The van der Waals surface area contributed by atoms with E-state index in [0.717, 1.165) is 11.1 Å². The quantitative estimate of drug-likeness (QED) is 0.459. The van der Waals surface area contributed by atoms with E-state index in [1.54, 1.807) is 13.2 Å². The molecule has 3 nitrogen and oxygen atoms in total. The Balaban J connectivity index is 1.67. The maximum absolute atomic E-state index is 6.50. The molecule has 1 N–H and O–H groups in total. The molecule has 3 aromatic carbocycles. The lowest BCUT2D eigenvalue weighted by atomic mass is 10.1. The van der Waals surface area contributed by atoms with Crippen molar-refractivity contribution < 1.29 is 9.47 Å². The van der Waals surface area contributed by atoms with Crippen molar-refractivity contribution in [2.75, 3.05) is 7.11 Å². The summed E-state index contributed by atoms with van der Waals surface area (Å²) in [5, 5.41) is 4.84. The molecule has 3 aromatic rings. The third-order valence-electron chi connectivity index (χ3n) is 4.54. The SMILES string of the molecule is COc1cc(CNC(C)c2ccccc2)c(Cl)cc1OCc1ccc(Cl)cc1. The minimum absolute atomic E-state index is 0.212. The van der Waals surface area contributed by atoms with E-state index in [9.17, 15) is 0 Å². The number of methoxy groups -OCH3 is 1. The molecule has 0 radical (unpaired) electrons. The Labute approximate surface area is 176 Å². The summed E-state index contributed by atoms with van der Waals surface area (Å²) in [5.74, 6) is 1.27. The maximum Gasteiger partial charge on any atom is 0.163 e. The number of rotatable bonds is 8. The predicted octanol–water partition coefficient (Wildman–Crippen LogP) is 6.43. The first kappa shape index (κ1) is 20.5. The Kier molecular flexibility index (Phi) is 7.21. The summed E-state index contributed by atoms with van der Waals surface area (Å²) in [7, 11) is 1.63. The summed E-state index contributed by atoms with van der Waals surface area (Å²) in [6.45, 7) is 3.17. The standard InChI is InChI=1S/C23H23Cl2NO2/c1-16(18-6-4-3-5-7-18)26-14-19-12-22(27-2)23(13-21(19)25)28-15-17-8-10-20(24)11-9-17/h3-13,16,26H,14-15H2,1-2H3. The molecule has 0 saturated heterocycles. The number of hydrogen-bond donors (Lipinski definition) is 1. The monoisotopic (exact) mass is 415 g/mol. The van der Waals surface area contributed by atoms with E-state index < -0.39 is 0 Å². The van der Waals surface area contributed by atoms with Gasteiger partial charge >= 0.3 is 0 Å². The molecule has 0 aliphatic carbocycles. The Morgan fingerprint density at radius 2 is 1.64 bits per heavy atom. The fourth-order valence-electron chi connectivity index (χ4n) is 2.85. The minimum atomic E-state index is 0.212. The molecule has 0 heterocycles. The summed E-state index contributed by atoms with van der Waals surface area (Å²) in [4.78, 5) is 0. The summed E-state index contributed by atoms with van der Waals surface area (Å²) in [6, 6.07) is 21.8. The Bertz CT molecular complexity index is 898. The van der Waals surface area contributed by atoms with Crippen molar-refractivity contribution in [1.29, 1.82) is 0 Å². The van der Waals surface area contributed by atoms with Gasteiger partial charge in [-0.2, -0.15) is 0 Å². The summed E-state index contributed by atoms with van der Waals surface area (Å²) in [5.41, 5.74) is 3.21. The van der Waals surface area contributed by atoms with E-state index in [2.05, 4.69) is 24.4 Å². The van der Waals surface area contributed by atoms with Crippen molar-refractivity contribution >= 4 is 23.2 Å². The molecule has 0 amide bonds. The van der Waals surface area contributed by atoms with Gasteiger partial charge in [-0.25, -0.2) is 0 Å². The van der Waals surface area contributed by atoms with Gasteiger partial charge in [0.05, 0.1) is 7.11 Å². The van der Waals surface area contributed by atoms with Crippen molar-refractivity contribution in [1.82, 2.24) is 5.32 Å². The number of hydrogen-bond acceptors (Lipinski definition) is 3. The van der Waals surface area contributed by atoms with E-state index in [-0.39, 0.29) is 6.04 Å². The van der Waals surface area contributed by atoms with Crippen molar-refractivity contribution in [3.8, 4) is 11.5 Å². The molecule has 1 atom stereocenters. The summed E-state index contributed by atoms with van der Waals surface area (Å²) < 4.78 is 11.4. The first-order valence-electron chi connectivity index (χ1n) is 9.09. The molecule has 0 aliphatic rings. The van der Waals surface area contributed by atoms with Gasteiger partial charge in [-0.1, -0.05) is 65.7 Å². The first-order valence-corrected chi connectivity index (χ1v) is 9.84. The van der Waals surface area contributed by atoms with Crippen LogP contribution in [0.4, 0.5) is 0 Å². The molecule has 0 saturated carbocycles. The van der Waals surface area contributed by atoms with Gasteiger partial charge in [-0.3, -0.25) is 0 Å². The molecule has 0 fully saturated rings. The van der Waals surface area contributed by atoms with Crippen LogP contribution in [0.15, 0.2) is 66.7 Å². The highest BCUT2D eigenvalue weighted by molar-refractivity contribution is 6.31. The van der Waals surface area contributed by atoms with Crippen LogP contribution in [0.25, 0.3) is 0 Å². The second-order valence-electron chi connectivity index (χ2n) is 6.52. The van der Waals surface area contributed by atoms with Gasteiger partial charge in [0.15, 0.2) is 11.5 Å². The number of halogens is 2. The lowest BCUT2D eigenvalue weighted by Crippen LogP contribution is -2.18. The predicted molar refractivity (Wildman–Crippen MR) is 115 cm³/mol. The molecular weight excluding hydrogens is 393 g/mol. The average molecular weight is 416 g/mol. The topological polar surface area (TPSA) is 30.5 Å². The molecule has 28 heavy (non-hydrogen) atoms. The van der Waals surface area contributed by atoms with E-state index in [0.29, 0.717) is 34.7 Å². The lowest BCUT2D eigenvalue weighted by Gasteiger charge is -2.17. The second kappa shape index (κ2) is 9.83. The van der Waals surface area contributed by atoms with Crippen LogP contribution < -0.4 is 14.8 Å². The van der Waals surface area contributed by atoms with Gasteiger partial charge in [-0.05, 0) is 41.8 Å². The van der Waals surface area contributed by atoms with Crippen molar-refractivity contribution in [2.45, 2.75) is 26.1 Å². The largest absolute Gasteiger partial charge is 0.493 e. The molecule has 1 unspecified atom stereocenters. The van der Waals surface area contributed by atoms with Gasteiger partial charge in [0, 0.05) is 28.7 Å². The van der Waals surface area contributed by atoms with Crippen molar-refractivity contribution in [3.05, 3.63) is 93.5 Å². The van der Waals surface area contributed by atoms with E-state index in [1.165, 1.54) is 5.56 Å². The molecule has 5 heteroatoms. The molecule has 3 rings (SSSR count). The highest BCUT2D eigenvalue weighted by Crippen LogP contribution is 2.34. The van der Waals surface area contributed by atoms with Crippen LogP contribution >= 0.6 is 23.2 Å². The zero-order valence-corrected chi connectivity index (χ0v) is 17.4. The van der Waals surface area contributed by atoms with Crippen LogP contribution in [0.1, 0.15) is 29.7 Å². The van der Waals surface area contributed by atoms with Crippen LogP contribution in [-0.2, 0) is 13.2 Å². The third-order valence-corrected chi connectivity index (χ3v) is 5.14. The highest BCUT2D eigenvalue weighted by atomic mass is 35.5. The van der Waals surface area contributed by atoms with Crippen LogP contribution in [0.2, 0.25) is 10.0 Å². The maximum atomic E-state index is 6.50. The smallest absolute Gasteiger partial charge is 0.163 e. The molecular formula is C23H23Cl2NO2. The number of benzene rings is 3. The Morgan fingerprint density at radius 1 is 0.929 bits per heavy atom. The van der Waals surface area contributed by atoms with Crippen LogP contribution in [0.5, 0.6) is 11.5 Å². The summed E-state index contributed by atoms with van der Waals surface area (Å²) in [6.07, 6.45) is 0. The third kappa shape index (κ3) is 5.41. The molecule has 0 aliphatic heterocycles. The Hall–Kier alpha value is -2.20. The molecule has 0 aromatic heterocycles. The average Bonchev–Trinajstić information content (AvgIpc) is 2.73. The fraction of sp³-hybridized carbons (Fsp3) is 0.217. The van der Waals surface area contributed by atoms with Crippen molar-refractivity contribution in [2.24, 2.45) is 0 Å². The van der Waals surface area contributed by atoms with E-state index >= 15 is 0 Å². The zero-order chi connectivity index (χ0) is 19.9. The fourth-order valence-corrected chi connectivity index (χ4v) is 3.20. The van der Waals surface area contributed by atoms with Crippen LogP contribution in [-0.4, -0.2) is 7.11 Å². The van der Waals surface area contributed by atoms with Crippen molar-refractivity contribution in [3.63, 3.8) is 0 Å². The Morgan fingerprint density at radius 3 is 2.32 bits per heavy atom. The molecule has 146 valence electrons. The molecule has 0 spiro atoms. The van der Waals surface area contributed by atoms with Gasteiger partial charge < -0.3 is 14.8 Å². The normalized spacial score (nSPS) is 11.9. The highest BCUT2D eigenvalue weighted by Gasteiger charge is 2.12. The van der Waals surface area contributed by atoms with Crippen LogP contribution in [0.3, 0.4) is 0 Å². The van der Waals surface area contributed by atoms with Gasteiger partial charge in [0.25, 0.3) is 0 Å². The summed E-state index contributed by atoms with van der Waals surface area (Å²) >= 11 is 12.4. The van der Waals surface area contributed by atoms with E-state index in [1.807, 2.05) is 48.5 Å². The second-order valence-corrected chi connectivity index (χ2v) is 7.37. The first-order chi connectivity index (χ1) is 13.6. The zero-order valence-electron chi connectivity index (χ0n) is 15.9. The van der Waals surface area contributed by atoms with Gasteiger partial charge in [0.1, 0.15) is 6.61 Å². The minimum Gasteiger partial charge on any atom is -0.493 e. The molecule has 0 bridgehead atoms. The number of nitrogens with one attached hydrogen (secondary N) is 1. The van der Waals surface area contributed by atoms with E-state index in [4.69, 9.17) is 32.7 Å². The van der Waals surface area contributed by atoms with Gasteiger partial charge in [-0.15, -0.1) is 0 Å². The van der Waals surface area contributed by atoms with Gasteiger partial charge in [0.2, 0.25) is 0 Å². The lowest BCUT2D eigenvalue weighted by molar-refractivity contribution is 0.284. The van der Waals surface area contributed by atoms with Crippen LogP contribution in [0, 0.1) is 0 Å².